The van der Waals surface area contributed by atoms with Crippen LogP contribution in [0.5, 0.6) is 0 Å². The van der Waals surface area contributed by atoms with E-state index in [1.54, 1.807) is 6.08 Å². The molecule has 0 aromatic heterocycles. The van der Waals surface area contributed by atoms with Gasteiger partial charge in [0.1, 0.15) is 0 Å². The number of alkyl halides is 4. The molecule has 1 unspecified atom stereocenters. The van der Waals surface area contributed by atoms with Crippen LogP contribution in [0.1, 0.15) is 48.3 Å². The molecular weight excluding hydrogens is 508 g/mol. The van der Waals surface area contributed by atoms with Gasteiger partial charge >= 0.3 is 6.18 Å². The molecule has 0 spiro atoms. The lowest BCUT2D eigenvalue weighted by atomic mass is 9.85. The van der Waals surface area contributed by atoms with E-state index in [0.29, 0.717) is 42.4 Å². The van der Waals surface area contributed by atoms with Crippen molar-refractivity contribution in [3.8, 4) is 0 Å². The highest BCUT2D eigenvalue weighted by molar-refractivity contribution is 6.30. The van der Waals surface area contributed by atoms with E-state index in [9.17, 15) is 18.0 Å². The van der Waals surface area contributed by atoms with Gasteiger partial charge in [-0.05, 0) is 92.1 Å². The summed E-state index contributed by atoms with van der Waals surface area (Å²) < 4.78 is 38.1. The fourth-order valence-corrected chi connectivity index (χ4v) is 5.96. The smallest absolute Gasteiger partial charge is 0.339 e. The summed E-state index contributed by atoms with van der Waals surface area (Å²) in [5, 5.41) is 0.762. The number of halogens is 5. The molecule has 0 saturated carbocycles. The topological polar surface area (TPSA) is 23.6 Å². The second-order valence-corrected chi connectivity index (χ2v) is 10.4. The first-order valence-corrected chi connectivity index (χ1v) is 13.4. The Kier molecular flexibility index (Phi) is 9.02. The van der Waals surface area contributed by atoms with E-state index >= 15 is 0 Å². The van der Waals surface area contributed by atoms with Crippen LogP contribution in [-0.4, -0.2) is 53.8 Å². The minimum absolute atomic E-state index is 0.112. The second-order valence-electron chi connectivity index (χ2n) is 9.70. The quantitative estimate of drug-likeness (QED) is 0.289. The summed E-state index contributed by atoms with van der Waals surface area (Å²) in [6, 6.07) is 13.3. The standard InChI is InChI=1S/C28H31Cl2F3N2O/c29-19-26(34-15-11-22(12-16-34)21-4-8-25(30)9-5-21)23-13-17-35(18-14-23)27(36)10-3-20-1-6-24(7-2-20)28(31,32)33/h1-10,22-23,26H,11-19H2. The van der Waals surface area contributed by atoms with E-state index in [4.69, 9.17) is 23.2 Å². The van der Waals surface area contributed by atoms with Gasteiger partial charge in [0, 0.05) is 36.1 Å². The van der Waals surface area contributed by atoms with Gasteiger partial charge in [-0.15, -0.1) is 11.6 Å². The number of hydrogen-bond donors (Lipinski definition) is 0. The van der Waals surface area contributed by atoms with Crippen molar-refractivity contribution >= 4 is 35.2 Å². The van der Waals surface area contributed by atoms with Crippen LogP contribution in [-0.2, 0) is 11.0 Å². The van der Waals surface area contributed by atoms with Gasteiger partial charge in [-0.1, -0.05) is 35.9 Å². The van der Waals surface area contributed by atoms with Gasteiger partial charge in [0.05, 0.1) is 5.56 Å². The van der Waals surface area contributed by atoms with E-state index < -0.39 is 11.7 Å². The molecular formula is C28H31Cl2F3N2O. The first-order valence-electron chi connectivity index (χ1n) is 12.4. The Balaban J connectivity index is 1.25. The number of rotatable bonds is 6. The Bertz CT molecular complexity index is 1020. The van der Waals surface area contributed by atoms with Crippen LogP contribution < -0.4 is 0 Å². The van der Waals surface area contributed by atoms with Crippen molar-refractivity contribution in [1.82, 2.24) is 9.80 Å². The Labute approximate surface area is 220 Å². The van der Waals surface area contributed by atoms with Crippen LogP contribution in [0.15, 0.2) is 54.6 Å². The maximum absolute atomic E-state index is 12.7. The van der Waals surface area contributed by atoms with Crippen molar-refractivity contribution in [3.05, 3.63) is 76.3 Å². The van der Waals surface area contributed by atoms with Crippen molar-refractivity contribution in [1.29, 1.82) is 0 Å². The predicted octanol–water partition coefficient (Wildman–Crippen LogP) is 7.10. The molecule has 3 nitrogen and oxygen atoms in total. The third-order valence-electron chi connectivity index (χ3n) is 7.55. The van der Waals surface area contributed by atoms with Gasteiger partial charge in [0.2, 0.25) is 5.91 Å². The SMILES string of the molecule is O=C(C=Cc1ccc(C(F)(F)F)cc1)N1CCC(C(CCl)N2CCC(c3ccc(Cl)cc3)CC2)CC1. The van der Waals surface area contributed by atoms with Crippen LogP contribution in [0.2, 0.25) is 5.02 Å². The summed E-state index contributed by atoms with van der Waals surface area (Å²) >= 11 is 12.5. The monoisotopic (exact) mass is 538 g/mol. The molecule has 0 radical (unpaired) electrons. The summed E-state index contributed by atoms with van der Waals surface area (Å²) in [6.07, 6.45) is 2.64. The van der Waals surface area contributed by atoms with Crippen LogP contribution in [0.4, 0.5) is 13.2 Å². The zero-order chi connectivity index (χ0) is 25.7. The third-order valence-corrected chi connectivity index (χ3v) is 8.12. The molecule has 2 aliphatic rings. The van der Waals surface area contributed by atoms with Gasteiger partial charge < -0.3 is 4.90 Å². The molecule has 8 heteroatoms. The van der Waals surface area contributed by atoms with Crippen molar-refractivity contribution in [2.24, 2.45) is 5.92 Å². The number of likely N-dealkylation sites (tertiary alicyclic amines) is 2. The molecule has 0 N–H and O–H groups in total. The van der Waals surface area contributed by atoms with Crippen molar-refractivity contribution in [2.45, 2.75) is 43.8 Å². The maximum Gasteiger partial charge on any atom is 0.416 e. The van der Waals surface area contributed by atoms with Gasteiger partial charge in [0.15, 0.2) is 0 Å². The lowest BCUT2D eigenvalue weighted by Crippen LogP contribution is -2.49. The second kappa shape index (κ2) is 12.0. The van der Waals surface area contributed by atoms with Gasteiger partial charge in [-0.2, -0.15) is 13.2 Å². The molecule has 2 aromatic carbocycles. The van der Waals surface area contributed by atoms with Crippen LogP contribution in [0.25, 0.3) is 6.08 Å². The van der Waals surface area contributed by atoms with Crippen molar-refractivity contribution in [3.63, 3.8) is 0 Å². The zero-order valence-electron chi connectivity index (χ0n) is 20.1. The Morgan fingerprint density at radius 3 is 2.11 bits per heavy atom. The third kappa shape index (κ3) is 6.84. The molecule has 1 atom stereocenters. The van der Waals surface area contributed by atoms with E-state index in [0.717, 1.165) is 55.9 Å². The van der Waals surface area contributed by atoms with E-state index in [1.807, 2.05) is 17.0 Å². The summed E-state index contributed by atoms with van der Waals surface area (Å²) in [5.41, 5.74) is 1.21. The predicted molar refractivity (Wildman–Crippen MR) is 139 cm³/mol. The summed E-state index contributed by atoms with van der Waals surface area (Å²) in [4.78, 5) is 17.0. The van der Waals surface area contributed by atoms with Gasteiger partial charge in [-0.25, -0.2) is 0 Å². The molecule has 0 aliphatic carbocycles. The Morgan fingerprint density at radius 2 is 1.56 bits per heavy atom. The highest BCUT2D eigenvalue weighted by atomic mass is 35.5. The highest BCUT2D eigenvalue weighted by Crippen LogP contribution is 2.33. The number of nitrogens with zero attached hydrogens (tertiary/aromatic N) is 2. The van der Waals surface area contributed by atoms with Gasteiger partial charge in [-0.3, -0.25) is 9.69 Å². The molecule has 0 bridgehead atoms. The van der Waals surface area contributed by atoms with Crippen LogP contribution in [0, 0.1) is 5.92 Å². The maximum atomic E-state index is 12.7. The summed E-state index contributed by atoms with van der Waals surface area (Å²) in [6.45, 7) is 3.35. The molecule has 194 valence electrons. The summed E-state index contributed by atoms with van der Waals surface area (Å²) in [5.74, 6) is 1.46. The highest BCUT2D eigenvalue weighted by Gasteiger charge is 2.33. The average Bonchev–Trinajstić information content (AvgIpc) is 2.89. The number of piperidine rings is 2. The van der Waals surface area contributed by atoms with Gasteiger partial charge in [0.25, 0.3) is 0 Å². The van der Waals surface area contributed by atoms with Crippen LogP contribution >= 0.6 is 23.2 Å². The fraction of sp³-hybridized carbons (Fsp3) is 0.464. The Hall–Kier alpha value is -2.02. The first-order chi connectivity index (χ1) is 17.2. The molecule has 2 saturated heterocycles. The molecule has 2 aromatic rings. The molecule has 2 fully saturated rings. The fourth-order valence-electron chi connectivity index (χ4n) is 5.38. The van der Waals surface area contributed by atoms with E-state index in [2.05, 4.69) is 17.0 Å². The average molecular weight is 539 g/mol. The first kappa shape index (κ1) is 27.0. The molecule has 4 rings (SSSR count). The number of hydrogen-bond acceptors (Lipinski definition) is 2. The lowest BCUT2D eigenvalue weighted by molar-refractivity contribution is -0.137. The van der Waals surface area contributed by atoms with Crippen LogP contribution in [0.3, 0.4) is 0 Å². The zero-order valence-corrected chi connectivity index (χ0v) is 21.6. The molecule has 1 amide bonds. The number of benzene rings is 2. The molecule has 2 heterocycles. The molecule has 2 aliphatic heterocycles. The normalized spacial score (nSPS) is 19.6. The minimum Gasteiger partial charge on any atom is -0.339 e. The molecule has 36 heavy (non-hydrogen) atoms. The van der Waals surface area contributed by atoms with Crippen molar-refractivity contribution < 1.29 is 18.0 Å². The van der Waals surface area contributed by atoms with Crippen molar-refractivity contribution in [2.75, 3.05) is 32.1 Å². The van der Waals surface area contributed by atoms with E-state index in [1.165, 1.54) is 23.8 Å². The number of carbonyl (C=O) groups excluding carboxylic acids is 1. The largest absolute Gasteiger partial charge is 0.416 e. The lowest BCUT2D eigenvalue weighted by Gasteiger charge is -2.43. The number of amides is 1. The summed E-state index contributed by atoms with van der Waals surface area (Å²) in [7, 11) is 0. The Morgan fingerprint density at radius 1 is 0.944 bits per heavy atom. The minimum atomic E-state index is -4.37. The number of carbonyl (C=O) groups is 1. The van der Waals surface area contributed by atoms with E-state index in [-0.39, 0.29) is 5.91 Å².